The number of carbonyl (C=O) groups is 2. The van der Waals surface area contributed by atoms with Gasteiger partial charge in [0, 0.05) is 10.7 Å². The van der Waals surface area contributed by atoms with Crippen LogP contribution in [0, 0.1) is 12.7 Å². The molecule has 0 radical (unpaired) electrons. The van der Waals surface area contributed by atoms with Crippen molar-refractivity contribution in [3.8, 4) is 0 Å². The maximum absolute atomic E-state index is 13.5. The SMILES string of the molecule is Cc1ccc(NCC(=O)NNC(=O)c2cc(Cl)ccc2F)cc1. The first-order chi connectivity index (χ1) is 11.0. The lowest BCUT2D eigenvalue weighted by Crippen LogP contribution is -2.44. The van der Waals surface area contributed by atoms with E-state index >= 15 is 0 Å². The largest absolute Gasteiger partial charge is 0.376 e. The maximum Gasteiger partial charge on any atom is 0.272 e. The van der Waals surface area contributed by atoms with Crippen LogP contribution >= 0.6 is 11.6 Å². The van der Waals surface area contributed by atoms with Crippen molar-refractivity contribution in [3.05, 3.63) is 64.4 Å². The first kappa shape index (κ1) is 16.8. The summed E-state index contributed by atoms with van der Waals surface area (Å²) in [4.78, 5) is 23.5. The van der Waals surface area contributed by atoms with Crippen molar-refractivity contribution in [3.63, 3.8) is 0 Å². The molecule has 0 aliphatic carbocycles. The molecule has 0 saturated carbocycles. The van der Waals surface area contributed by atoms with Crippen molar-refractivity contribution in [1.29, 1.82) is 0 Å². The smallest absolute Gasteiger partial charge is 0.272 e. The average Bonchev–Trinajstić information content (AvgIpc) is 2.54. The standard InChI is InChI=1S/C16H15ClFN3O2/c1-10-2-5-12(6-3-10)19-9-15(22)20-21-16(23)13-8-11(17)4-7-14(13)18/h2-8,19H,9H2,1H3,(H,20,22)(H,21,23). The molecule has 0 spiro atoms. The number of amides is 2. The molecule has 0 saturated heterocycles. The normalized spacial score (nSPS) is 10.0. The molecule has 2 rings (SSSR count). The van der Waals surface area contributed by atoms with Crippen LogP contribution in [0.25, 0.3) is 0 Å². The molecule has 0 atom stereocenters. The number of rotatable bonds is 4. The molecule has 0 heterocycles. The van der Waals surface area contributed by atoms with Gasteiger partial charge in [-0.1, -0.05) is 29.3 Å². The van der Waals surface area contributed by atoms with Gasteiger partial charge in [0.25, 0.3) is 11.8 Å². The summed E-state index contributed by atoms with van der Waals surface area (Å²) >= 11 is 5.71. The fraction of sp³-hybridized carbons (Fsp3) is 0.125. The number of benzene rings is 2. The zero-order valence-corrected chi connectivity index (χ0v) is 13.1. The number of nitrogens with one attached hydrogen (secondary N) is 3. The monoisotopic (exact) mass is 335 g/mol. The lowest BCUT2D eigenvalue weighted by Gasteiger charge is -2.10. The van der Waals surface area contributed by atoms with Crippen LogP contribution in [0.15, 0.2) is 42.5 Å². The van der Waals surface area contributed by atoms with E-state index in [1.165, 1.54) is 12.1 Å². The van der Waals surface area contributed by atoms with Gasteiger partial charge < -0.3 is 5.32 Å². The summed E-state index contributed by atoms with van der Waals surface area (Å²) in [6, 6.07) is 11.1. The third-order valence-electron chi connectivity index (χ3n) is 2.99. The number of carbonyl (C=O) groups excluding carboxylic acids is 2. The fourth-order valence-corrected chi connectivity index (χ4v) is 1.94. The summed E-state index contributed by atoms with van der Waals surface area (Å²) in [6.45, 7) is 1.92. The molecule has 0 fully saturated rings. The van der Waals surface area contributed by atoms with Crippen LogP contribution in [0.3, 0.4) is 0 Å². The van der Waals surface area contributed by atoms with Gasteiger partial charge in [-0.25, -0.2) is 4.39 Å². The van der Waals surface area contributed by atoms with Crippen LogP contribution < -0.4 is 16.2 Å². The van der Waals surface area contributed by atoms with Crippen LogP contribution in [0.5, 0.6) is 0 Å². The Bertz CT molecular complexity index is 720. The predicted octanol–water partition coefficient (Wildman–Crippen LogP) is 2.66. The van der Waals surface area contributed by atoms with Crippen LogP contribution in [-0.2, 0) is 4.79 Å². The Labute approximate surface area is 137 Å². The number of anilines is 1. The highest BCUT2D eigenvalue weighted by molar-refractivity contribution is 6.31. The number of hydrogen-bond donors (Lipinski definition) is 3. The van der Waals surface area contributed by atoms with Gasteiger partial charge in [0.1, 0.15) is 5.82 Å². The second-order valence-electron chi connectivity index (χ2n) is 4.85. The van der Waals surface area contributed by atoms with Crippen LogP contribution in [0.2, 0.25) is 5.02 Å². The van der Waals surface area contributed by atoms with E-state index in [4.69, 9.17) is 11.6 Å². The lowest BCUT2D eigenvalue weighted by molar-refractivity contribution is -0.120. The topological polar surface area (TPSA) is 70.2 Å². The second-order valence-corrected chi connectivity index (χ2v) is 5.28. The molecule has 0 bridgehead atoms. The number of hydrazine groups is 1. The maximum atomic E-state index is 13.5. The minimum absolute atomic E-state index is 0.0403. The van der Waals surface area contributed by atoms with Gasteiger partial charge in [-0.15, -0.1) is 0 Å². The van der Waals surface area contributed by atoms with Crippen molar-refractivity contribution in [1.82, 2.24) is 10.9 Å². The first-order valence-electron chi connectivity index (χ1n) is 6.80. The van der Waals surface area contributed by atoms with E-state index in [0.29, 0.717) is 0 Å². The quantitative estimate of drug-likeness (QED) is 0.752. The van der Waals surface area contributed by atoms with Crippen molar-refractivity contribution < 1.29 is 14.0 Å². The van der Waals surface area contributed by atoms with E-state index in [9.17, 15) is 14.0 Å². The molecule has 0 unspecified atom stereocenters. The minimum atomic E-state index is -0.784. The average molecular weight is 336 g/mol. The fourth-order valence-electron chi connectivity index (χ4n) is 1.76. The Morgan fingerprint density at radius 1 is 1.09 bits per heavy atom. The summed E-state index contributed by atoms with van der Waals surface area (Å²) in [5, 5.41) is 3.12. The van der Waals surface area contributed by atoms with Gasteiger partial charge in [0.15, 0.2) is 0 Å². The van der Waals surface area contributed by atoms with Crippen molar-refractivity contribution in [2.45, 2.75) is 6.92 Å². The Hall–Kier alpha value is -2.60. The third-order valence-corrected chi connectivity index (χ3v) is 3.23. The Kier molecular flexibility index (Phi) is 5.54. The Morgan fingerprint density at radius 2 is 1.78 bits per heavy atom. The summed E-state index contributed by atoms with van der Waals surface area (Å²) in [7, 11) is 0. The van der Waals surface area contributed by atoms with Gasteiger partial charge in [-0.05, 0) is 37.3 Å². The zero-order valence-electron chi connectivity index (χ0n) is 12.3. The van der Waals surface area contributed by atoms with E-state index in [1.54, 1.807) is 0 Å². The van der Waals surface area contributed by atoms with Crippen molar-refractivity contribution in [2.75, 3.05) is 11.9 Å². The van der Waals surface area contributed by atoms with Gasteiger partial charge in [-0.2, -0.15) is 0 Å². The molecule has 2 aromatic carbocycles. The van der Waals surface area contributed by atoms with E-state index in [1.807, 2.05) is 31.2 Å². The number of aryl methyl sites for hydroxylation is 1. The van der Waals surface area contributed by atoms with E-state index in [2.05, 4.69) is 16.2 Å². The van der Waals surface area contributed by atoms with Gasteiger partial charge >= 0.3 is 0 Å². The highest BCUT2D eigenvalue weighted by Gasteiger charge is 2.13. The van der Waals surface area contributed by atoms with E-state index in [0.717, 1.165) is 17.3 Å². The Balaban J connectivity index is 1.83. The molecule has 2 amide bonds. The summed E-state index contributed by atoms with van der Waals surface area (Å²) < 4.78 is 13.5. The van der Waals surface area contributed by atoms with Crippen molar-refractivity contribution in [2.24, 2.45) is 0 Å². The number of hydrogen-bond acceptors (Lipinski definition) is 3. The summed E-state index contributed by atoms with van der Waals surface area (Å²) in [6.07, 6.45) is 0. The molecule has 2 aromatic rings. The van der Waals surface area contributed by atoms with Crippen LogP contribution in [-0.4, -0.2) is 18.4 Å². The molecular weight excluding hydrogens is 321 g/mol. The molecule has 0 aromatic heterocycles. The molecule has 3 N–H and O–H groups in total. The lowest BCUT2D eigenvalue weighted by atomic mass is 10.2. The first-order valence-corrected chi connectivity index (χ1v) is 7.18. The van der Waals surface area contributed by atoms with Gasteiger partial charge in [0.2, 0.25) is 0 Å². The zero-order chi connectivity index (χ0) is 16.8. The summed E-state index contributed by atoms with van der Waals surface area (Å²) in [5.41, 5.74) is 5.97. The molecule has 0 aliphatic rings. The molecule has 120 valence electrons. The number of halogens is 2. The molecular formula is C16H15ClFN3O2. The molecule has 0 aliphatic heterocycles. The molecule has 23 heavy (non-hydrogen) atoms. The van der Waals surface area contributed by atoms with Crippen LogP contribution in [0.1, 0.15) is 15.9 Å². The highest BCUT2D eigenvalue weighted by atomic mass is 35.5. The predicted molar refractivity (Wildman–Crippen MR) is 86.7 cm³/mol. The minimum Gasteiger partial charge on any atom is -0.376 e. The van der Waals surface area contributed by atoms with E-state index < -0.39 is 17.6 Å². The summed E-state index contributed by atoms with van der Waals surface area (Å²) in [5.74, 6) is -1.98. The third kappa shape index (κ3) is 4.96. The van der Waals surface area contributed by atoms with Gasteiger partial charge in [0.05, 0.1) is 12.1 Å². The molecule has 7 heteroatoms. The van der Waals surface area contributed by atoms with Crippen LogP contribution in [0.4, 0.5) is 10.1 Å². The van der Waals surface area contributed by atoms with Crippen molar-refractivity contribution >= 4 is 29.1 Å². The van der Waals surface area contributed by atoms with Gasteiger partial charge in [-0.3, -0.25) is 20.4 Å². The van der Waals surface area contributed by atoms with E-state index in [-0.39, 0.29) is 17.1 Å². The second kappa shape index (κ2) is 7.60. The molecule has 5 nitrogen and oxygen atoms in total. The Morgan fingerprint density at radius 3 is 2.48 bits per heavy atom. The highest BCUT2D eigenvalue weighted by Crippen LogP contribution is 2.14.